The predicted octanol–water partition coefficient (Wildman–Crippen LogP) is 1.87. The maximum atomic E-state index is 4.20. The van der Waals surface area contributed by atoms with E-state index in [1.807, 2.05) is 0 Å². The molecule has 2 heterocycles. The van der Waals surface area contributed by atoms with Crippen LogP contribution in [-0.4, -0.2) is 16.7 Å². The van der Waals surface area contributed by atoms with Crippen LogP contribution in [-0.2, 0) is 0 Å². The monoisotopic (exact) mass is 201 g/mol. The molecule has 0 aliphatic carbocycles. The zero-order chi connectivity index (χ0) is 8.55. The molecule has 0 aromatic carbocycles. The summed E-state index contributed by atoms with van der Waals surface area (Å²) in [5.41, 5.74) is 3.74. The highest BCUT2D eigenvalue weighted by Crippen LogP contribution is 2.26. The Labute approximate surface area is 84.7 Å². The van der Waals surface area contributed by atoms with Crippen LogP contribution in [0.15, 0.2) is 0 Å². The second-order valence-corrected chi connectivity index (χ2v) is 3.50. The van der Waals surface area contributed by atoms with E-state index >= 15 is 0 Å². The van der Waals surface area contributed by atoms with Gasteiger partial charge in [0.1, 0.15) is 0 Å². The van der Waals surface area contributed by atoms with Gasteiger partial charge in [0, 0.05) is 17.3 Å². The van der Waals surface area contributed by atoms with Crippen LogP contribution >= 0.6 is 12.4 Å². The molecule has 0 radical (unpaired) electrons. The van der Waals surface area contributed by atoms with E-state index in [0.717, 1.165) is 12.2 Å². The predicted molar refractivity (Wildman–Crippen MR) is 55.3 cm³/mol. The van der Waals surface area contributed by atoms with E-state index in [9.17, 15) is 0 Å². The standard InChI is InChI=1S/C9H15N3.ClH/c1-6-9(7(2)12-11-6)8-4-3-5-10-8;/h8,10H,3-5H2,1-2H3,(H,11,12);1H. The Morgan fingerprint density at radius 2 is 2.15 bits per heavy atom. The molecule has 2 rings (SSSR count). The molecule has 1 aromatic rings. The van der Waals surface area contributed by atoms with Crippen LogP contribution in [0.1, 0.15) is 35.8 Å². The summed E-state index contributed by atoms with van der Waals surface area (Å²) in [6.45, 7) is 5.31. The Hall–Kier alpha value is -0.540. The zero-order valence-corrected chi connectivity index (χ0v) is 8.87. The largest absolute Gasteiger partial charge is 0.310 e. The molecule has 1 atom stereocenters. The number of hydrogen-bond donors (Lipinski definition) is 2. The van der Waals surface area contributed by atoms with Gasteiger partial charge in [0.25, 0.3) is 0 Å². The van der Waals surface area contributed by atoms with Crippen LogP contribution in [0.25, 0.3) is 0 Å². The average molecular weight is 202 g/mol. The van der Waals surface area contributed by atoms with Gasteiger partial charge in [-0.2, -0.15) is 5.10 Å². The molecule has 1 saturated heterocycles. The third-order valence-electron chi connectivity index (χ3n) is 2.59. The number of hydrogen-bond acceptors (Lipinski definition) is 2. The van der Waals surface area contributed by atoms with Gasteiger partial charge in [-0.25, -0.2) is 0 Å². The lowest BCUT2D eigenvalue weighted by Gasteiger charge is -2.09. The van der Waals surface area contributed by atoms with E-state index in [1.165, 1.54) is 24.1 Å². The van der Waals surface area contributed by atoms with Gasteiger partial charge >= 0.3 is 0 Å². The summed E-state index contributed by atoms with van der Waals surface area (Å²) in [5, 5.41) is 10.7. The maximum Gasteiger partial charge on any atom is 0.0641 e. The minimum Gasteiger partial charge on any atom is -0.310 e. The molecule has 0 saturated carbocycles. The van der Waals surface area contributed by atoms with Crippen molar-refractivity contribution in [3.63, 3.8) is 0 Å². The third-order valence-corrected chi connectivity index (χ3v) is 2.59. The molecule has 2 N–H and O–H groups in total. The van der Waals surface area contributed by atoms with Crippen molar-refractivity contribution in [2.45, 2.75) is 32.7 Å². The molecule has 1 aliphatic heterocycles. The van der Waals surface area contributed by atoms with Gasteiger partial charge in [0.05, 0.1) is 5.69 Å². The Bertz CT molecular complexity index is 257. The number of aromatic amines is 1. The van der Waals surface area contributed by atoms with E-state index in [2.05, 4.69) is 29.4 Å². The minimum absolute atomic E-state index is 0. The third kappa shape index (κ3) is 1.86. The van der Waals surface area contributed by atoms with Crippen LogP contribution in [0.2, 0.25) is 0 Å². The van der Waals surface area contributed by atoms with Crippen LogP contribution < -0.4 is 5.32 Å². The highest BCUT2D eigenvalue weighted by molar-refractivity contribution is 5.85. The van der Waals surface area contributed by atoms with Gasteiger partial charge in [-0.05, 0) is 33.2 Å². The molecule has 1 fully saturated rings. The quantitative estimate of drug-likeness (QED) is 0.729. The van der Waals surface area contributed by atoms with Crippen molar-refractivity contribution >= 4 is 12.4 Å². The first-order valence-electron chi connectivity index (χ1n) is 4.54. The lowest BCUT2D eigenvalue weighted by atomic mass is 10.0. The molecule has 0 spiro atoms. The number of aromatic nitrogens is 2. The summed E-state index contributed by atoms with van der Waals surface area (Å²) >= 11 is 0. The smallest absolute Gasteiger partial charge is 0.0641 e. The zero-order valence-electron chi connectivity index (χ0n) is 8.05. The molecule has 0 amide bonds. The molecule has 4 heteroatoms. The van der Waals surface area contributed by atoms with Gasteiger partial charge in [-0.15, -0.1) is 12.4 Å². The second kappa shape index (κ2) is 4.11. The number of aryl methyl sites for hydroxylation is 2. The minimum atomic E-state index is 0. The van der Waals surface area contributed by atoms with E-state index in [0.29, 0.717) is 6.04 Å². The number of H-pyrrole nitrogens is 1. The Morgan fingerprint density at radius 1 is 1.38 bits per heavy atom. The number of nitrogens with zero attached hydrogens (tertiary/aromatic N) is 1. The van der Waals surface area contributed by atoms with E-state index in [-0.39, 0.29) is 12.4 Å². The number of halogens is 1. The summed E-state index contributed by atoms with van der Waals surface area (Å²) in [6.07, 6.45) is 2.54. The molecule has 1 aliphatic rings. The molecule has 1 aromatic heterocycles. The molecular weight excluding hydrogens is 186 g/mol. The number of rotatable bonds is 1. The van der Waals surface area contributed by atoms with Crippen molar-refractivity contribution in [2.75, 3.05) is 6.54 Å². The summed E-state index contributed by atoms with van der Waals surface area (Å²) in [7, 11) is 0. The van der Waals surface area contributed by atoms with Crippen LogP contribution in [0.5, 0.6) is 0 Å². The van der Waals surface area contributed by atoms with Crippen LogP contribution in [0, 0.1) is 13.8 Å². The van der Waals surface area contributed by atoms with Crippen molar-refractivity contribution in [1.29, 1.82) is 0 Å². The van der Waals surface area contributed by atoms with Crippen molar-refractivity contribution in [3.05, 3.63) is 17.0 Å². The van der Waals surface area contributed by atoms with Crippen LogP contribution in [0.3, 0.4) is 0 Å². The van der Waals surface area contributed by atoms with Gasteiger partial charge in [-0.1, -0.05) is 0 Å². The van der Waals surface area contributed by atoms with Crippen molar-refractivity contribution in [2.24, 2.45) is 0 Å². The summed E-state index contributed by atoms with van der Waals surface area (Å²) in [6, 6.07) is 0.545. The van der Waals surface area contributed by atoms with Crippen molar-refractivity contribution in [1.82, 2.24) is 15.5 Å². The first kappa shape index (κ1) is 10.5. The fourth-order valence-corrected chi connectivity index (χ4v) is 2.00. The average Bonchev–Trinajstić information content (AvgIpc) is 2.61. The lowest BCUT2D eigenvalue weighted by Crippen LogP contribution is -2.14. The fraction of sp³-hybridized carbons (Fsp3) is 0.667. The normalized spacial score (nSPS) is 21.5. The molecule has 3 nitrogen and oxygen atoms in total. The molecular formula is C9H16ClN3. The van der Waals surface area contributed by atoms with Gasteiger partial charge < -0.3 is 5.32 Å². The van der Waals surface area contributed by atoms with Crippen molar-refractivity contribution < 1.29 is 0 Å². The van der Waals surface area contributed by atoms with Crippen LogP contribution in [0.4, 0.5) is 0 Å². The van der Waals surface area contributed by atoms with Gasteiger partial charge in [0.15, 0.2) is 0 Å². The van der Waals surface area contributed by atoms with E-state index in [1.54, 1.807) is 0 Å². The van der Waals surface area contributed by atoms with E-state index < -0.39 is 0 Å². The first-order chi connectivity index (χ1) is 5.79. The molecule has 74 valence electrons. The van der Waals surface area contributed by atoms with E-state index in [4.69, 9.17) is 0 Å². The number of nitrogens with one attached hydrogen (secondary N) is 2. The second-order valence-electron chi connectivity index (χ2n) is 3.50. The topological polar surface area (TPSA) is 40.7 Å². The SMILES string of the molecule is Cc1n[nH]c(C)c1C1CCCN1.Cl. The molecule has 0 bridgehead atoms. The highest BCUT2D eigenvalue weighted by Gasteiger charge is 2.21. The Kier molecular flexibility index (Phi) is 3.33. The molecule has 1 unspecified atom stereocenters. The molecule has 13 heavy (non-hydrogen) atoms. The summed E-state index contributed by atoms with van der Waals surface area (Å²) in [4.78, 5) is 0. The highest BCUT2D eigenvalue weighted by atomic mass is 35.5. The van der Waals surface area contributed by atoms with Crippen molar-refractivity contribution in [3.8, 4) is 0 Å². The van der Waals surface area contributed by atoms with Gasteiger partial charge in [-0.3, -0.25) is 5.10 Å². The van der Waals surface area contributed by atoms with Gasteiger partial charge in [0.2, 0.25) is 0 Å². The Balaban J connectivity index is 0.000000845. The summed E-state index contributed by atoms with van der Waals surface area (Å²) < 4.78 is 0. The summed E-state index contributed by atoms with van der Waals surface area (Å²) in [5.74, 6) is 0. The lowest BCUT2D eigenvalue weighted by molar-refractivity contribution is 0.640. The maximum absolute atomic E-state index is 4.20. The first-order valence-corrected chi connectivity index (χ1v) is 4.54. The Morgan fingerprint density at radius 3 is 2.62 bits per heavy atom. The fourth-order valence-electron chi connectivity index (χ4n) is 2.00.